The molecule has 4 atom stereocenters. The molecule has 0 aromatic heterocycles. The van der Waals surface area contributed by atoms with E-state index in [0.717, 1.165) is 117 Å². The maximum atomic E-state index is 13.3. The summed E-state index contributed by atoms with van der Waals surface area (Å²) in [5, 5.41) is 18.9. The molecule has 0 unspecified atom stereocenters. The van der Waals surface area contributed by atoms with Gasteiger partial charge in [0.2, 0.25) is 23.6 Å². The van der Waals surface area contributed by atoms with E-state index in [1.165, 1.54) is 10.8 Å². The molecule has 0 aliphatic carbocycles. The summed E-state index contributed by atoms with van der Waals surface area (Å²) in [7, 11) is 0. The Hall–Kier alpha value is -12.1. The van der Waals surface area contributed by atoms with Crippen molar-refractivity contribution in [2.24, 2.45) is 17.4 Å². The Morgan fingerprint density at radius 1 is 0.313 bits per heavy atom. The third kappa shape index (κ3) is 49.5. The van der Waals surface area contributed by atoms with Gasteiger partial charge in [0.1, 0.15) is 47.9 Å². The summed E-state index contributed by atoms with van der Waals surface area (Å²) >= 11 is 0. The number of hydrogen-bond acceptors (Lipinski definition) is 22. The number of alkyl carbamates (subject to hydrolysis) is 1. The van der Waals surface area contributed by atoms with Crippen molar-refractivity contribution >= 4 is 148 Å². The smallest absolute Gasteiger partial charge is 0.408 e. The zero-order chi connectivity index (χ0) is 101. The highest BCUT2D eigenvalue weighted by molar-refractivity contribution is 6.02. The van der Waals surface area contributed by atoms with E-state index >= 15 is 0 Å². The Morgan fingerprint density at radius 3 is 0.925 bits per heavy atom. The third-order valence-corrected chi connectivity index (χ3v) is 22.2. The van der Waals surface area contributed by atoms with Crippen LogP contribution in [-0.2, 0) is 68.5 Å². The lowest BCUT2D eigenvalue weighted by molar-refractivity contribution is -0.119. The van der Waals surface area contributed by atoms with E-state index in [4.69, 9.17) is 54.1 Å². The number of benzene rings is 10. The largest absolute Gasteiger partial charge is 0.491 e. The van der Waals surface area contributed by atoms with E-state index in [1.54, 1.807) is 93.6 Å². The molecule has 27 nitrogen and oxygen atoms in total. The van der Waals surface area contributed by atoms with Crippen LogP contribution in [0.25, 0.3) is 21.5 Å². The molecule has 812 valence electrons. The molecule has 0 saturated heterocycles. The van der Waals surface area contributed by atoms with Gasteiger partial charge in [-0.25, -0.2) is 24.0 Å². The number of ether oxygens (including phenoxy) is 9. The van der Waals surface area contributed by atoms with Crippen LogP contribution < -0.4 is 57.0 Å². The van der Waals surface area contributed by atoms with E-state index in [0.29, 0.717) is 160 Å². The number of hydrogen-bond donors (Lipinski definition) is 7. The Kier molecular flexibility index (Phi) is 70.5. The van der Waals surface area contributed by atoms with Crippen LogP contribution in [0.5, 0.6) is 23.0 Å². The minimum Gasteiger partial charge on any atom is -0.491 e. The molecule has 9 N–H and O–H groups in total. The number of likely N-dealkylation sites (N-methyl/N-ethyl adjacent to an activating group) is 2. The van der Waals surface area contributed by atoms with Crippen LogP contribution in [0.2, 0.25) is 0 Å². The van der Waals surface area contributed by atoms with Gasteiger partial charge >= 0.3 is 30.0 Å². The summed E-state index contributed by atoms with van der Waals surface area (Å²) in [5.74, 6) is -1.37. The highest BCUT2D eigenvalue weighted by atomic mass is 35.5. The van der Waals surface area contributed by atoms with Gasteiger partial charge in [-0.2, -0.15) is 0 Å². The molecule has 31 heteroatoms. The molecule has 10 rings (SSSR count). The summed E-state index contributed by atoms with van der Waals surface area (Å²) in [4.78, 5) is 119. The number of nitrogens with one attached hydrogen (secondary N) is 5. The van der Waals surface area contributed by atoms with E-state index in [9.17, 15) is 43.2 Å². The highest BCUT2D eigenvalue weighted by Crippen LogP contribution is 2.33. The minimum atomic E-state index is -0.903. The first-order chi connectivity index (χ1) is 67.1. The van der Waals surface area contributed by atoms with Gasteiger partial charge in [0, 0.05) is 25.4 Å². The predicted molar refractivity (Wildman–Crippen MR) is 609 cm³/mol. The fourth-order valence-corrected chi connectivity index (χ4v) is 14.1. The predicted octanol–water partition coefficient (Wildman–Crippen LogP) is 25.0. The van der Waals surface area contributed by atoms with Crippen LogP contribution in [0.1, 0.15) is 255 Å². The second kappa shape index (κ2) is 75.6. The average Bonchev–Trinajstić information content (AvgIpc) is 0.836. The van der Waals surface area contributed by atoms with Crippen LogP contribution in [0.15, 0.2) is 218 Å². The van der Waals surface area contributed by atoms with E-state index in [1.807, 2.05) is 131 Å². The Balaban J connectivity index is 0. The van der Waals surface area contributed by atoms with Crippen molar-refractivity contribution in [1.29, 1.82) is 0 Å². The molecule has 0 fully saturated rings. The second-order valence-electron chi connectivity index (χ2n) is 34.7. The van der Waals surface area contributed by atoms with Gasteiger partial charge in [0.15, 0.2) is 0 Å². The second-order valence-corrected chi connectivity index (χ2v) is 34.7. The summed E-state index contributed by atoms with van der Waals surface area (Å²) in [6, 6.07) is 65.0. The number of carbonyl (C=O) groups is 9. The lowest BCUT2D eigenvalue weighted by Crippen LogP contribution is -2.47. The summed E-state index contributed by atoms with van der Waals surface area (Å²) in [5.41, 5.74) is 19.0. The fraction of sp³-hybridized carbons (Fsp3) is 0.440. The number of halogens is 4. The lowest BCUT2D eigenvalue weighted by Gasteiger charge is -2.24. The molecule has 5 amide bonds. The number of rotatable bonds is 51. The molecule has 0 bridgehead atoms. The number of nitrogens with two attached hydrogens (primary N) is 2. The van der Waals surface area contributed by atoms with Crippen LogP contribution >= 0.6 is 49.6 Å². The lowest BCUT2D eigenvalue weighted by atomic mass is 9.97. The number of fused-ring (bicyclic) bond motifs is 2. The molecule has 0 spiro atoms. The number of anilines is 4. The maximum absolute atomic E-state index is 13.3. The zero-order valence-corrected chi connectivity index (χ0v) is 88.7. The molecule has 0 aliphatic heterocycles. The molecular weight excluding hydrogens is 1950 g/mol. The quantitative estimate of drug-likeness (QED) is 0.0106. The standard InChI is InChI=1S/C31H40N2O4.C30H39N3O4.C28H38N2O6.C23H30N2O4.4CH4.4ClH/c1-5-8-18-36-29-22-27(31(35)37-19-17-33(6-2)7-3)15-16-28(29)32-30(34)23(4)20-24-13-14-25-11-9-10-12-26(25)21-24;1-4-7-17-36-28-21-25(30(35)37-18-16-33(5-2)6-3)14-15-27(28)32-29(34)26(31)20-22-12-13-23-10-8-9-11-24(23)19-22;1-6-8-17-34-24-19-21(26(32)35-16-7-2)14-15-22(24)29-25(31)23(18-20-12-10-9-11-13-20)30-27(33)36-28(3,4)5;1-3-5-14-28-21-16-18(23(27)29-13-4-2)11-12-20(21)25-22(26)19(24)15-17-9-7-6-8-10-17;;;;;;;;/h9-16,21-23H,5-8,17-20H2,1-4H3,(H,32,34);8-15,19,21,26H,4-7,16-18,20,31H2,1-3H3,(H,32,34);9-15,19,23H,6-8,16-18H2,1-5H3,(H,29,31)(H,30,33);6-12,16,19H,3-5,13-15,24H2,1-2H3,(H,25,26);4*1H4;4*1H/t23-;26-;23-;19-;;;;;;;;/m1111......../s1. The first-order valence-electron chi connectivity index (χ1n) is 49.0. The van der Waals surface area contributed by atoms with Crippen molar-refractivity contribution in [3.05, 3.63) is 263 Å². The number of unbranched alkanes of at least 4 members (excludes halogenated alkanes) is 4. The topological polar surface area (TPSA) is 355 Å². The van der Waals surface area contributed by atoms with E-state index in [-0.39, 0.29) is 109 Å². The van der Waals surface area contributed by atoms with Gasteiger partial charge in [0.25, 0.3) is 0 Å². The van der Waals surface area contributed by atoms with E-state index in [2.05, 4.69) is 127 Å². The summed E-state index contributed by atoms with van der Waals surface area (Å²) in [6.07, 6.45) is 9.76. The zero-order valence-electron chi connectivity index (χ0n) is 85.4. The molecule has 10 aromatic rings. The van der Waals surface area contributed by atoms with Crippen LogP contribution in [0.3, 0.4) is 0 Å². The Bertz CT molecular complexity index is 5310. The van der Waals surface area contributed by atoms with Gasteiger partial charge in [0.05, 0.1) is 96.7 Å². The maximum Gasteiger partial charge on any atom is 0.408 e. The number of amides is 5. The third-order valence-electron chi connectivity index (χ3n) is 22.2. The van der Waals surface area contributed by atoms with Crippen molar-refractivity contribution in [2.75, 3.05) is 113 Å². The first kappa shape index (κ1) is 137. The molecule has 0 radical (unpaired) electrons. The molecular formula is C116H167Cl4N9O18. The van der Waals surface area contributed by atoms with Crippen molar-refractivity contribution < 1.29 is 85.8 Å². The van der Waals surface area contributed by atoms with Gasteiger partial charge in [-0.05, 0) is 221 Å². The van der Waals surface area contributed by atoms with Crippen molar-refractivity contribution in [1.82, 2.24) is 15.1 Å². The minimum absolute atomic E-state index is 0. The van der Waals surface area contributed by atoms with Crippen molar-refractivity contribution in [3.8, 4) is 23.0 Å². The Morgan fingerprint density at radius 2 is 0.605 bits per heavy atom. The summed E-state index contributed by atoms with van der Waals surface area (Å²) in [6.45, 7) is 35.9. The monoisotopic (exact) mass is 2110 g/mol. The molecule has 0 saturated carbocycles. The van der Waals surface area contributed by atoms with Crippen LogP contribution in [0.4, 0.5) is 27.5 Å². The average molecular weight is 2120 g/mol. The van der Waals surface area contributed by atoms with Crippen molar-refractivity contribution in [2.45, 2.75) is 240 Å². The highest BCUT2D eigenvalue weighted by Gasteiger charge is 2.29. The molecule has 0 aliphatic rings. The van der Waals surface area contributed by atoms with Gasteiger partial charge in [-0.1, -0.05) is 277 Å². The normalized spacial score (nSPS) is 11.2. The fourth-order valence-electron chi connectivity index (χ4n) is 14.1. The SMILES string of the molecule is C.C.C.C.CCCCOc1cc(C(=O)OCCC)ccc1NC(=O)[C@@H](Cc1ccccc1)NC(=O)OC(C)(C)C.CCCCOc1cc(C(=O)OCCC)ccc1NC(=O)[C@H](N)Cc1ccccc1.CCCCOc1cc(C(=O)OCCN(CC)CC)ccc1NC(=O)[C@H](C)Cc1ccc2ccccc2c1.CCCCOc1cc(C(=O)OCCN(CC)CC)ccc1NC(=O)[C@H](N)Cc1ccc2ccccc2c1.Cl.Cl.Cl.Cl. The van der Waals surface area contributed by atoms with Crippen LogP contribution in [0, 0.1) is 5.92 Å². The molecule has 147 heavy (non-hydrogen) atoms. The van der Waals surface area contributed by atoms with Crippen LogP contribution in [-0.4, -0.2) is 179 Å². The molecule has 0 heterocycles. The molecule has 10 aromatic carbocycles. The number of nitrogens with zero attached hydrogens (tertiary/aromatic N) is 2. The van der Waals surface area contributed by atoms with Crippen molar-refractivity contribution in [3.63, 3.8) is 0 Å². The number of carbonyl (C=O) groups excluding carboxylic acids is 9. The van der Waals surface area contributed by atoms with Gasteiger partial charge < -0.3 is 90.5 Å². The van der Waals surface area contributed by atoms with Gasteiger partial charge in [-0.15, -0.1) is 49.6 Å². The number of esters is 4. The van der Waals surface area contributed by atoms with E-state index < -0.39 is 59.6 Å². The van der Waals surface area contributed by atoms with Gasteiger partial charge in [-0.3, -0.25) is 19.2 Å². The summed E-state index contributed by atoms with van der Waals surface area (Å²) < 4.78 is 50.3. The first-order valence-corrected chi connectivity index (χ1v) is 49.0. The Labute approximate surface area is 899 Å².